The average Bonchev–Trinajstić information content (AvgIpc) is 3.96. The van der Waals surface area contributed by atoms with Gasteiger partial charge in [0.05, 0.1) is 6.04 Å². The van der Waals surface area contributed by atoms with Crippen LogP contribution in [0.4, 0.5) is 4.79 Å². The molecule has 4 aromatic rings. The number of nitrogens with zero attached hydrogens (tertiary/aromatic N) is 7. The molecule has 6 rings (SSSR count). The molecule has 54 heavy (non-hydrogen) atoms. The fourth-order valence-corrected chi connectivity index (χ4v) is 5.79. The van der Waals surface area contributed by atoms with E-state index < -0.39 is 17.5 Å². The Bertz CT molecular complexity index is 1920. The molecule has 2 aromatic heterocycles. The Kier molecular flexibility index (Phi) is 15.6. The number of likely N-dealkylation sites (tertiary alicyclic amines) is 1. The first-order valence-electron chi connectivity index (χ1n) is 17.2. The second-order valence-electron chi connectivity index (χ2n) is 13.3. The first-order chi connectivity index (χ1) is 25.4. The number of carbonyl (C=O) groups is 3. The van der Waals surface area contributed by atoms with Crippen molar-refractivity contribution >= 4 is 66.0 Å². The van der Waals surface area contributed by atoms with Crippen LogP contribution in [-0.4, -0.2) is 96.4 Å². The van der Waals surface area contributed by atoms with Crippen LogP contribution in [0, 0.1) is 0 Å². The van der Waals surface area contributed by atoms with Gasteiger partial charge in [0.2, 0.25) is 0 Å². The lowest BCUT2D eigenvalue weighted by Gasteiger charge is -2.28. The third-order valence-corrected chi connectivity index (χ3v) is 8.39. The van der Waals surface area contributed by atoms with Gasteiger partial charge in [-0.3, -0.25) is 0 Å². The summed E-state index contributed by atoms with van der Waals surface area (Å²) in [5.41, 5.74) is 1.03. The molecule has 1 amide bonds. The highest BCUT2D eigenvalue weighted by Gasteiger charge is 2.32. The number of hydrogen-bond acceptors (Lipinski definition) is 11. The third-order valence-electron chi connectivity index (χ3n) is 7.92. The highest BCUT2D eigenvalue weighted by atomic mass is 35.5. The summed E-state index contributed by atoms with van der Waals surface area (Å²) in [5, 5.41) is 13.0. The molecule has 17 heteroatoms. The fourth-order valence-electron chi connectivity index (χ4n) is 5.41. The standard InChI is InChI=1S/C21H25ClN4O4.C16H17ClN4O2.ClH/c1-21(2,3)30-20(28)26-10-5-8-17(26)13-29-18(27)9-11-25-14-23-19(24-25)15-6-4-7-16(22)12-15;17-13-4-1-3-12(9-13)16-19-11-21(20-16)8-6-15(22)23-10-14-5-2-7-18-14;/h4,6-7,9,11-12,14,17H,5,8,10,13H2,1-3H3;1,3-4,6,8-9,11,14,18H,2,5,7,10H2;1H/b11-9-;8-6-;. The normalized spacial score (nSPS) is 16.9. The van der Waals surface area contributed by atoms with E-state index in [1.54, 1.807) is 29.2 Å². The summed E-state index contributed by atoms with van der Waals surface area (Å²) in [6.07, 6.45) is 12.0. The zero-order chi connectivity index (χ0) is 37.8. The zero-order valence-corrected chi connectivity index (χ0v) is 32.5. The molecule has 0 radical (unpaired) electrons. The predicted octanol–water partition coefficient (Wildman–Crippen LogP) is 6.80. The van der Waals surface area contributed by atoms with E-state index in [0.29, 0.717) is 34.8 Å². The Morgan fingerprint density at radius 2 is 1.39 bits per heavy atom. The van der Waals surface area contributed by atoms with E-state index in [1.165, 1.54) is 46.6 Å². The maximum absolute atomic E-state index is 12.3. The number of amides is 1. The first-order valence-corrected chi connectivity index (χ1v) is 17.9. The summed E-state index contributed by atoms with van der Waals surface area (Å²) >= 11 is 11.9. The molecular formula is C37H43Cl3N8O6. The van der Waals surface area contributed by atoms with Gasteiger partial charge in [-0.25, -0.2) is 33.7 Å². The van der Waals surface area contributed by atoms with E-state index >= 15 is 0 Å². The van der Waals surface area contributed by atoms with E-state index in [2.05, 4.69) is 25.5 Å². The van der Waals surface area contributed by atoms with Gasteiger partial charge in [-0.05, 0) is 77.3 Å². The van der Waals surface area contributed by atoms with Crippen molar-refractivity contribution in [3.8, 4) is 22.8 Å². The van der Waals surface area contributed by atoms with E-state index in [9.17, 15) is 14.4 Å². The maximum atomic E-state index is 12.3. The fraction of sp³-hybridized carbons (Fsp3) is 0.378. The van der Waals surface area contributed by atoms with E-state index in [4.69, 9.17) is 37.4 Å². The lowest BCUT2D eigenvalue weighted by Crippen LogP contribution is -2.42. The Morgan fingerprint density at radius 1 is 0.833 bits per heavy atom. The number of halogens is 3. The van der Waals surface area contributed by atoms with Gasteiger partial charge in [-0.1, -0.05) is 47.5 Å². The molecular weight excluding hydrogens is 759 g/mol. The van der Waals surface area contributed by atoms with Crippen LogP contribution in [-0.2, 0) is 23.8 Å². The molecule has 2 atom stereocenters. The van der Waals surface area contributed by atoms with E-state index in [1.807, 2.05) is 45.0 Å². The average molecular weight is 802 g/mol. The molecule has 0 bridgehead atoms. The van der Waals surface area contributed by atoms with Crippen molar-refractivity contribution in [3.63, 3.8) is 0 Å². The van der Waals surface area contributed by atoms with Crippen molar-refractivity contribution in [2.75, 3.05) is 26.3 Å². The minimum atomic E-state index is -0.564. The summed E-state index contributed by atoms with van der Waals surface area (Å²) in [7, 11) is 0. The number of esters is 2. The van der Waals surface area contributed by atoms with Crippen molar-refractivity contribution in [1.29, 1.82) is 0 Å². The number of rotatable bonds is 10. The van der Waals surface area contributed by atoms with Crippen LogP contribution in [0.15, 0.2) is 73.3 Å². The minimum Gasteiger partial charge on any atom is -0.461 e. The SMILES string of the molecule is CC(C)(C)OC(=O)N1CCCC1COC(=O)/C=C\n1cnc(-c2cccc(Cl)c2)n1.Cl.O=C(/C=C\n1cnc(-c2cccc(Cl)c2)n1)OCC1CCCN1. The summed E-state index contributed by atoms with van der Waals surface area (Å²) in [4.78, 5) is 46.1. The van der Waals surface area contributed by atoms with Gasteiger partial charge in [-0.15, -0.1) is 22.6 Å². The molecule has 14 nitrogen and oxygen atoms in total. The quantitative estimate of drug-likeness (QED) is 0.102. The molecule has 2 aromatic carbocycles. The van der Waals surface area contributed by atoms with Crippen LogP contribution in [0.2, 0.25) is 10.0 Å². The molecule has 2 saturated heterocycles. The Balaban J connectivity index is 0.000000244. The van der Waals surface area contributed by atoms with Crippen LogP contribution in [0.25, 0.3) is 35.2 Å². The topological polar surface area (TPSA) is 156 Å². The summed E-state index contributed by atoms with van der Waals surface area (Å²) in [6, 6.07) is 14.6. The number of benzene rings is 2. The summed E-state index contributed by atoms with van der Waals surface area (Å²) in [5.74, 6) is 0.125. The van der Waals surface area contributed by atoms with Gasteiger partial charge in [0, 0.05) is 58.3 Å². The largest absolute Gasteiger partial charge is 0.461 e. The van der Waals surface area contributed by atoms with Crippen LogP contribution >= 0.6 is 35.6 Å². The molecule has 0 spiro atoms. The van der Waals surface area contributed by atoms with Crippen molar-refractivity contribution in [1.82, 2.24) is 39.7 Å². The molecule has 288 valence electrons. The van der Waals surface area contributed by atoms with Crippen molar-refractivity contribution in [2.24, 2.45) is 0 Å². The van der Waals surface area contributed by atoms with Crippen molar-refractivity contribution < 1.29 is 28.6 Å². The molecule has 2 fully saturated rings. The predicted molar refractivity (Wildman–Crippen MR) is 208 cm³/mol. The maximum Gasteiger partial charge on any atom is 0.410 e. The summed E-state index contributed by atoms with van der Waals surface area (Å²) < 4.78 is 18.8. The minimum absolute atomic E-state index is 0. The lowest BCUT2D eigenvalue weighted by molar-refractivity contribution is -0.139. The molecule has 4 heterocycles. The lowest BCUT2D eigenvalue weighted by atomic mass is 10.2. The van der Waals surface area contributed by atoms with E-state index in [-0.39, 0.29) is 37.2 Å². The Labute approximate surface area is 329 Å². The monoisotopic (exact) mass is 800 g/mol. The van der Waals surface area contributed by atoms with Crippen LogP contribution in [0.3, 0.4) is 0 Å². The van der Waals surface area contributed by atoms with Crippen molar-refractivity contribution in [2.45, 2.75) is 64.1 Å². The second kappa shape index (κ2) is 20.1. The van der Waals surface area contributed by atoms with E-state index in [0.717, 1.165) is 43.4 Å². The van der Waals surface area contributed by atoms with Gasteiger partial charge in [0.25, 0.3) is 0 Å². The highest BCUT2D eigenvalue weighted by molar-refractivity contribution is 6.31. The molecule has 1 N–H and O–H groups in total. The smallest absolute Gasteiger partial charge is 0.410 e. The van der Waals surface area contributed by atoms with Gasteiger partial charge in [0.1, 0.15) is 31.5 Å². The Morgan fingerprint density at radius 3 is 1.89 bits per heavy atom. The molecule has 2 aliphatic rings. The van der Waals surface area contributed by atoms with Gasteiger partial charge < -0.3 is 24.4 Å². The van der Waals surface area contributed by atoms with Crippen LogP contribution in [0.1, 0.15) is 46.5 Å². The van der Waals surface area contributed by atoms with Crippen LogP contribution < -0.4 is 5.32 Å². The molecule has 2 aliphatic heterocycles. The number of carbonyl (C=O) groups excluding carboxylic acids is 3. The van der Waals surface area contributed by atoms with Crippen LogP contribution in [0.5, 0.6) is 0 Å². The number of nitrogens with one attached hydrogen (secondary N) is 1. The Hall–Kier alpha value is -4.76. The van der Waals surface area contributed by atoms with Gasteiger partial charge in [-0.2, -0.15) is 0 Å². The highest BCUT2D eigenvalue weighted by Crippen LogP contribution is 2.22. The number of aromatic nitrogens is 6. The second-order valence-corrected chi connectivity index (χ2v) is 14.1. The summed E-state index contributed by atoms with van der Waals surface area (Å²) in [6.45, 7) is 7.57. The molecule has 0 aliphatic carbocycles. The number of ether oxygens (including phenoxy) is 3. The van der Waals surface area contributed by atoms with Gasteiger partial charge >= 0.3 is 18.0 Å². The molecule has 0 saturated carbocycles. The number of hydrogen-bond donors (Lipinski definition) is 1. The molecule has 2 unspecified atom stereocenters. The third kappa shape index (κ3) is 13.3. The first kappa shape index (κ1) is 42.0. The zero-order valence-electron chi connectivity index (χ0n) is 30.1. The van der Waals surface area contributed by atoms with Crippen molar-refractivity contribution in [3.05, 3.63) is 83.4 Å². The van der Waals surface area contributed by atoms with Gasteiger partial charge in [0.15, 0.2) is 11.6 Å².